The molecule has 8 aromatic carbocycles. The number of carbonyl (C=O) groups excluding carboxylic acids is 2. The summed E-state index contributed by atoms with van der Waals surface area (Å²) in [4.78, 5) is 28.3. The standard InChI is InChI=1S/C60H56N2O6/c1-41-39-49(21-35-57(41)65-3)47-17-31-55(32-18-47)61(51-23-7-43(8-24-51)11-37-59(63)67-5)53-27-13-45(14-28-53)46-15-29-54(30-16-46)62(52-25-9-44(10-26-52)12-38-60(64)68-6)56-33-19-48(20-34-56)50-22-36-58(66-4)42(2)40-50/h7-10,13-36,39-40H,11-12,37-38H2,1-6H3. The van der Waals surface area contributed by atoms with E-state index in [9.17, 15) is 9.59 Å². The van der Waals surface area contributed by atoms with Gasteiger partial charge in [-0.2, -0.15) is 0 Å². The molecule has 68 heavy (non-hydrogen) atoms. The fourth-order valence-electron chi connectivity index (χ4n) is 8.54. The Balaban J connectivity index is 1.08. The number of anilines is 6. The highest BCUT2D eigenvalue weighted by atomic mass is 16.5. The zero-order valence-corrected chi connectivity index (χ0v) is 39.5. The number of methoxy groups -OCH3 is 4. The van der Waals surface area contributed by atoms with Crippen molar-refractivity contribution in [2.45, 2.75) is 39.5 Å². The smallest absolute Gasteiger partial charge is 0.305 e. The molecule has 0 aromatic heterocycles. The number of hydrogen-bond acceptors (Lipinski definition) is 8. The highest BCUT2D eigenvalue weighted by molar-refractivity contribution is 5.83. The molecule has 0 unspecified atom stereocenters. The van der Waals surface area contributed by atoms with Gasteiger partial charge in [-0.3, -0.25) is 9.59 Å². The van der Waals surface area contributed by atoms with Gasteiger partial charge >= 0.3 is 11.9 Å². The first-order valence-corrected chi connectivity index (χ1v) is 22.8. The van der Waals surface area contributed by atoms with Crippen molar-refractivity contribution < 1.29 is 28.5 Å². The van der Waals surface area contributed by atoms with Gasteiger partial charge < -0.3 is 28.7 Å². The SMILES string of the molecule is COC(=O)CCc1ccc(N(c2ccc(-c3ccc(N(c4ccc(CCC(=O)OC)cc4)c4ccc(-c5ccc(OC)c(C)c5)cc4)cc3)cc2)c2ccc(-c3ccc(OC)c(C)c3)cc2)cc1. The van der Waals surface area contributed by atoms with Gasteiger partial charge in [0, 0.05) is 47.0 Å². The second-order valence-electron chi connectivity index (χ2n) is 16.7. The number of esters is 2. The van der Waals surface area contributed by atoms with E-state index in [0.29, 0.717) is 25.7 Å². The fraction of sp³-hybridized carbons (Fsp3) is 0.167. The third-order valence-electron chi connectivity index (χ3n) is 12.4. The predicted octanol–water partition coefficient (Wildman–Crippen LogP) is 14.5. The van der Waals surface area contributed by atoms with Crippen LogP contribution in [0.2, 0.25) is 0 Å². The number of rotatable bonds is 17. The molecule has 0 spiro atoms. The van der Waals surface area contributed by atoms with Gasteiger partial charge in [-0.1, -0.05) is 84.9 Å². The summed E-state index contributed by atoms with van der Waals surface area (Å²) in [5.74, 6) is 1.29. The van der Waals surface area contributed by atoms with Crippen LogP contribution in [0.3, 0.4) is 0 Å². The van der Waals surface area contributed by atoms with Gasteiger partial charge in [0.05, 0.1) is 28.4 Å². The normalized spacial score (nSPS) is 10.9. The van der Waals surface area contributed by atoms with Crippen LogP contribution in [-0.2, 0) is 31.9 Å². The highest BCUT2D eigenvalue weighted by Crippen LogP contribution is 2.40. The molecule has 0 amide bonds. The summed E-state index contributed by atoms with van der Waals surface area (Å²) in [6.45, 7) is 4.12. The number of carbonyl (C=O) groups is 2. The lowest BCUT2D eigenvalue weighted by Crippen LogP contribution is -2.10. The third-order valence-corrected chi connectivity index (χ3v) is 12.4. The maximum absolute atomic E-state index is 11.9. The number of aryl methyl sites for hydroxylation is 4. The topological polar surface area (TPSA) is 77.5 Å². The molecule has 0 saturated carbocycles. The van der Waals surface area contributed by atoms with E-state index in [1.807, 2.05) is 12.1 Å². The van der Waals surface area contributed by atoms with Crippen LogP contribution in [0.5, 0.6) is 11.5 Å². The van der Waals surface area contributed by atoms with Crippen molar-refractivity contribution >= 4 is 46.1 Å². The van der Waals surface area contributed by atoms with Gasteiger partial charge in [0.1, 0.15) is 11.5 Å². The zero-order chi connectivity index (χ0) is 47.6. The molecule has 8 nitrogen and oxygen atoms in total. The summed E-state index contributed by atoms with van der Waals surface area (Å²) in [6, 6.07) is 63.8. The molecular weight excluding hydrogens is 845 g/mol. The summed E-state index contributed by atoms with van der Waals surface area (Å²) >= 11 is 0. The highest BCUT2D eigenvalue weighted by Gasteiger charge is 2.17. The molecule has 0 aliphatic heterocycles. The lowest BCUT2D eigenvalue weighted by molar-refractivity contribution is -0.141. The summed E-state index contributed by atoms with van der Waals surface area (Å²) in [5.41, 5.74) is 17.0. The van der Waals surface area contributed by atoms with Gasteiger partial charge in [0.15, 0.2) is 0 Å². The summed E-state index contributed by atoms with van der Waals surface area (Å²) in [7, 11) is 6.23. The van der Waals surface area contributed by atoms with E-state index in [4.69, 9.17) is 18.9 Å². The molecule has 0 heterocycles. The summed E-state index contributed by atoms with van der Waals surface area (Å²) in [5, 5.41) is 0. The molecule has 0 atom stereocenters. The Hall–Kier alpha value is -8.10. The van der Waals surface area contributed by atoms with Crippen LogP contribution in [0.1, 0.15) is 35.1 Å². The van der Waals surface area contributed by atoms with Crippen molar-refractivity contribution in [2.24, 2.45) is 0 Å². The summed E-state index contributed by atoms with van der Waals surface area (Å²) in [6.07, 6.45) is 1.87. The third kappa shape index (κ3) is 10.8. The van der Waals surface area contributed by atoms with Crippen molar-refractivity contribution in [3.05, 3.63) is 204 Å². The zero-order valence-electron chi connectivity index (χ0n) is 39.5. The largest absolute Gasteiger partial charge is 0.496 e. The molecule has 0 radical (unpaired) electrons. The molecule has 0 saturated heterocycles. The van der Waals surface area contributed by atoms with Crippen LogP contribution in [0, 0.1) is 13.8 Å². The van der Waals surface area contributed by atoms with Crippen LogP contribution < -0.4 is 19.3 Å². The van der Waals surface area contributed by atoms with Gasteiger partial charge in [-0.05, 0) is 179 Å². The molecule has 0 aliphatic carbocycles. The van der Waals surface area contributed by atoms with Crippen LogP contribution >= 0.6 is 0 Å². The van der Waals surface area contributed by atoms with Crippen LogP contribution in [0.15, 0.2) is 182 Å². The van der Waals surface area contributed by atoms with Crippen LogP contribution in [-0.4, -0.2) is 40.4 Å². The molecule has 0 bridgehead atoms. The summed E-state index contributed by atoms with van der Waals surface area (Å²) < 4.78 is 20.8. The molecule has 342 valence electrons. The first kappa shape index (κ1) is 46.4. The Morgan fingerprint density at radius 2 is 0.603 bits per heavy atom. The molecular formula is C60H56N2O6. The lowest BCUT2D eigenvalue weighted by atomic mass is 10.0. The van der Waals surface area contributed by atoms with Crippen LogP contribution in [0.25, 0.3) is 33.4 Å². The van der Waals surface area contributed by atoms with E-state index in [-0.39, 0.29) is 11.9 Å². The fourth-order valence-corrected chi connectivity index (χ4v) is 8.54. The molecule has 0 N–H and O–H groups in total. The number of hydrogen-bond donors (Lipinski definition) is 0. The molecule has 8 aromatic rings. The van der Waals surface area contributed by atoms with Gasteiger partial charge in [0.25, 0.3) is 0 Å². The van der Waals surface area contributed by atoms with E-state index in [0.717, 1.165) is 101 Å². The minimum absolute atomic E-state index is 0.222. The average Bonchev–Trinajstić information content (AvgIpc) is 3.39. The Bertz CT molecular complexity index is 2760. The predicted molar refractivity (Wildman–Crippen MR) is 275 cm³/mol. The molecule has 0 aliphatic rings. The Morgan fingerprint density at radius 1 is 0.353 bits per heavy atom. The van der Waals surface area contributed by atoms with E-state index >= 15 is 0 Å². The van der Waals surface area contributed by atoms with E-state index in [2.05, 4.69) is 194 Å². The van der Waals surface area contributed by atoms with E-state index in [1.165, 1.54) is 14.2 Å². The number of ether oxygens (including phenoxy) is 4. The maximum Gasteiger partial charge on any atom is 0.305 e. The van der Waals surface area contributed by atoms with Crippen molar-refractivity contribution in [2.75, 3.05) is 38.2 Å². The minimum atomic E-state index is -0.222. The Kier molecular flexibility index (Phi) is 14.7. The number of benzene rings is 8. The average molecular weight is 901 g/mol. The van der Waals surface area contributed by atoms with E-state index in [1.54, 1.807) is 14.2 Å². The molecule has 0 fully saturated rings. The van der Waals surface area contributed by atoms with Crippen molar-refractivity contribution in [3.63, 3.8) is 0 Å². The lowest BCUT2D eigenvalue weighted by Gasteiger charge is -2.27. The second kappa shape index (κ2) is 21.5. The molecule has 8 rings (SSSR count). The van der Waals surface area contributed by atoms with Gasteiger partial charge in [0.2, 0.25) is 0 Å². The minimum Gasteiger partial charge on any atom is -0.496 e. The van der Waals surface area contributed by atoms with Gasteiger partial charge in [-0.25, -0.2) is 0 Å². The Morgan fingerprint density at radius 3 is 0.853 bits per heavy atom. The quantitative estimate of drug-likeness (QED) is 0.0837. The first-order chi connectivity index (χ1) is 33.1. The maximum atomic E-state index is 11.9. The number of nitrogens with zero attached hydrogens (tertiary/aromatic N) is 2. The monoisotopic (exact) mass is 900 g/mol. The Labute approximate surface area is 400 Å². The second-order valence-corrected chi connectivity index (χ2v) is 16.7. The van der Waals surface area contributed by atoms with Crippen LogP contribution in [0.4, 0.5) is 34.1 Å². The van der Waals surface area contributed by atoms with Gasteiger partial charge in [-0.15, -0.1) is 0 Å². The first-order valence-electron chi connectivity index (χ1n) is 22.8. The molecule has 8 heteroatoms. The van der Waals surface area contributed by atoms with Crippen molar-refractivity contribution in [1.82, 2.24) is 0 Å². The van der Waals surface area contributed by atoms with Crippen molar-refractivity contribution in [3.8, 4) is 44.9 Å². The van der Waals surface area contributed by atoms with Crippen molar-refractivity contribution in [1.29, 1.82) is 0 Å². The van der Waals surface area contributed by atoms with E-state index < -0.39 is 0 Å².